The molecule has 1 saturated carbocycles. The molecule has 21 heavy (non-hydrogen) atoms. The highest BCUT2D eigenvalue weighted by atomic mass is 32.2. The zero-order valence-electron chi connectivity index (χ0n) is 11.3. The molecule has 0 saturated heterocycles. The minimum absolute atomic E-state index is 0.00336. The van der Waals surface area contributed by atoms with Crippen LogP contribution >= 0.6 is 0 Å². The quantitative estimate of drug-likeness (QED) is 0.660. The maximum Gasteiger partial charge on any atom is 0.240 e. The Morgan fingerprint density at radius 1 is 1.29 bits per heavy atom. The molecule has 2 aromatic rings. The molecule has 112 valence electrons. The van der Waals surface area contributed by atoms with E-state index in [1.807, 2.05) is 6.07 Å². The van der Waals surface area contributed by atoms with Gasteiger partial charge in [0.15, 0.2) is 5.82 Å². The molecule has 3 N–H and O–H groups in total. The van der Waals surface area contributed by atoms with Gasteiger partial charge in [0.2, 0.25) is 10.0 Å². The van der Waals surface area contributed by atoms with E-state index in [0.717, 1.165) is 5.56 Å². The minimum atomic E-state index is -3.58. The van der Waals surface area contributed by atoms with Crippen LogP contribution in [0.25, 0.3) is 0 Å². The minimum Gasteiger partial charge on any atom is -0.310 e. The third kappa shape index (κ3) is 3.84. The Morgan fingerprint density at radius 2 is 2.14 bits per heavy atom. The van der Waals surface area contributed by atoms with Crippen molar-refractivity contribution in [2.75, 3.05) is 0 Å². The summed E-state index contributed by atoms with van der Waals surface area (Å²) in [6.45, 7) is 0.683. The van der Waals surface area contributed by atoms with Gasteiger partial charge in [0.1, 0.15) is 0 Å². The molecule has 1 aliphatic rings. The van der Waals surface area contributed by atoms with Crippen molar-refractivity contribution >= 4 is 10.0 Å². The van der Waals surface area contributed by atoms with Crippen molar-refractivity contribution in [2.24, 2.45) is 0 Å². The monoisotopic (exact) mass is 308 g/mol. The van der Waals surface area contributed by atoms with E-state index >= 15 is 0 Å². The zero-order chi connectivity index (χ0) is 14.7. The van der Waals surface area contributed by atoms with Crippen LogP contribution in [0.4, 0.5) is 0 Å². The first-order chi connectivity index (χ1) is 10.1. The van der Waals surface area contributed by atoms with Gasteiger partial charge < -0.3 is 5.32 Å². The topological polar surface area (TPSA) is 113 Å². The third-order valence-corrected chi connectivity index (χ3v) is 4.59. The van der Waals surface area contributed by atoms with Crippen LogP contribution in [-0.2, 0) is 23.1 Å². The summed E-state index contributed by atoms with van der Waals surface area (Å²) in [6.07, 6.45) is 2.40. The van der Waals surface area contributed by atoms with Crippen molar-refractivity contribution < 1.29 is 8.42 Å². The molecule has 1 aliphatic carbocycles. The van der Waals surface area contributed by atoms with E-state index < -0.39 is 10.0 Å². The van der Waals surface area contributed by atoms with Gasteiger partial charge in [-0.25, -0.2) is 13.1 Å². The Labute approximate surface area is 122 Å². The predicted octanol–water partition coefficient (Wildman–Crippen LogP) is -0.0698. The van der Waals surface area contributed by atoms with Gasteiger partial charge in [0.25, 0.3) is 0 Å². The summed E-state index contributed by atoms with van der Waals surface area (Å²) in [4.78, 5) is 0.237. The fourth-order valence-corrected chi connectivity index (χ4v) is 2.92. The number of hydrogen-bond donors (Lipinski definition) is 3. The summed E-state index contributed by atoms with van der Waals surface area (Å²) in [5.74, 6) is 0.296. The Morgan fingerprint density at radius 3 is 2.86 bits per heavy atom. The number of H-pyrrole nitrogens is 1. The zero-order valence-corrected chi connectivity index (χ0v) is 12.1. The number of rotatable bonds is 7. The molecule has 0 spiro atoms. The normalized spacial score (nSPS) is 15.2. The molecular weight excluding hydrogens is 292 g/mol. The molecular formula is C12H16N6O2S. The largest absolute Gasteiger partial charge is 0.310 e. The Balaban J connectivity index is 1.67. The second-order valence-electron chi connectivity index (χ2n) is 4.96. The number of sulfonamides is 1. The first-order valence-corrected chi connectivity index (χ1v) is 8.16. The number of hydrogen-bond acceptors (Lipinski definition) is 6. The van der Waals surface area contributed by atoms with Crippen LogP contribution in [0, 0.1) is 0 Å². The van der Waals surface area contributed by atoms with E-state index in [1.54, 1.807) is 18.2 Å². The van der Waals surface area contributed by atoms with Gasteiger partial charge in [-0.15, -0.1) is 10.2 Å². The van der Waals surface area contributed by atoms with Gasteiger partial charge in [0.05, 0.1) is 11.4 Å². The van der Waals surface area contributed by atoms with Crippen molar-refractivity contribution in [1.82, 2.24) is 30.7 Å². The molecule has 0 bridgehead atoms. The number of benzene rings is 1. The second kappa shape index (κ2) is 5.88. The maximum absolute atomic E-state index is 12.2. The van der Waals surface area contributed by atoms with Gasteiger partial charge in [-0.3, -0.25) is 0 Å². The summed E-state index contributed by atoms with van der Waals surface area (Å²) >= 11 is 0. The van der Waals surface area contributed by atoms with Crippen molar-refractivity contribution in [3.8, 4) is 0 Å². The lowest BCUT2D eigenvalue weighted by Crippen LogP contribution is -2.24. The second-order valence-corrected chi connectivity index (χ2v) is 6.72. The maximum atomic E-state index is 12.2. The van der Waals surface area contributed by atoms with Crippen LogP contribution in [0.15, 0.2) is 29.2 Å². The van der Waals surface area contributed by atoms with Crippen molar-refractivity contribution in [3.05, 3.63) is 35.7 Å². The van der Waals surface area contributed by atoms with Crippen LogP contribution < -0.4 is 10.0 Å². The number of nitrogens with one attached hydrogen (secondary N) is 3. The Hall–Kier alpha value is -1.84. The Bertz CT molecular complexity index is 696. The average Bonchev–Trinajstić information content (AvgIpc) is 3.17. The van der Waals surface area contributed by atoms with E-state index in [4.69, 9.17) is 0 Å². The van der Waals surface area contributed by atoms with Gasteiger partial charge >= 0.3 is 0 Å². The summed E-state index contributed by atoms with van der Waals surface area (Å²) in [6, 6.07) is 7.48. The standard InChI is InChI=1S/C12H16N6O2S/c19-21(20,14-8-12-15-17-18-16-12)11-3-1-2-9(6-11)7-13-10-4-5-10/h1-3,6,10,13-14H,4-5,7-8H2,(H,15,16,17,18). The smallest absolute Gasteiger partial charge is 0.240 e. The predicted molar refractivity (Wildman–Crippen MR) is 74.5 cm³/mol. The highest BCUT2D eigenvalue weighted by Gasteiger charge is 2.20. The van der Waals surface area contributed by atoms with Crippen LogP contribution in [0.5, 0.6) is 0 Å². The SMILES string of the molecule is O=S(=O)(NCc1nn[nH]n1)c1cccc(CNC2CC2)c1. The van der Waals surface area contributed by atoms with E-state index in [2.05, 4.69) is 30.7 Å². The van der Waals surface area contributed by atoms with Crippen LogP contribution in [-0.4, -0.2) is 35.1 Å². The number of aromatic nitrogens is 4. The molecule has 1 heterocycles. The number of nitrogens with zero attached hydrogens (tertiary/aromatic N) is 3. The average molecular weight is 308 g/mol. The fraction of sp³-hybridized carbons (Fsp3) is 0.417. The van der Waals surface area contributed by atoms with Crippen molar-refractivity contribution in [2.45, 2.75) is 36.9 Å². The highest BCUT2D eigenvalue weighted by Crippen LogP contribution is 2.20. The van der Waals surface area contributed by atoms with E-state index in [0.29, 0.717) is 18.4 Å². The molecule has 9 heteroatoms. The molecule has 0 aliphatic heterocycles. The van der Waals surface area contributed by atoms with Crippen LogP contribution in [0.1, 0.15) is 24.2 Å². The first-order valence-electron chi connectivity index (χ1n) is 6.68. The summed E-state index contributed by atoms with van der Waals surface area (Å²) in [7, 11) is -3.58. The fourth-order valence-electron chi connectivity index (χ4n) is 1.87. The molecule has 0 radical (unpaired) electrons. The lowest BCUT2D eigenvalue weighted by molar-refractivity contribution is 0.579. The highest BCUT2D eigenvalue weighted by molar-refractivity contribution is 7.89. The summed E-state index contributed by atoms with van der Waals surface area (Å²) < 4.78 is 26.9. The van der Waals surface area contributed by atoms with Crippen LogP contribution in [0.2, 0.25) is 0 Å². The molecule has 1 aromatic heterocycles. The van der Waals surface area contributed by atoms with Crippen molar-refractivity contribution in [3.63, 3.8) is 0 Å². The van der Waals surface area contributed by atoms with E-state index in [1.165, 1.54) is 12.8 Å². The third-order valence-electron chi connectivity index (χ3n) is 3.19. The lowest BCUT2D eigenvalue weighted by atomic mass is 10.2. The van der Waals surface area contributed by atoms with E-state index in [9.17, 15) is 8.42 Å². The Kier molecular flexibility index (Phi) is 3.95. The molecule has 1 aromatic carbocycles. The van der Waals surface area contributed by atoms with Gasteiger partial charge in [0, 0.05) is 12.6 Å². The molecule has 1 fully saturated rings. The van der Waals surface area contributed by atoms with Crippen LogP contribution in [0.3, 0.4) is 0 Å². The summed E-state index contributed by atoms with van der Waals surface area (Å²) in [5, 5.41) is 16.4. The molecule has 8 nitrogen and oxygen atoms in total. The first kappa shape index (κ1) is 14.1. The molecule has 0 unspecified atom stereocenters. The van der Waals surface area contributed by atoms with Crippen molar-refractivity contribution in [1.29, 1.82) is 0 Å². The molecule has 0 atom stereocenters. The summed E-state index contributed by atoms with van der Waals surface area (Å²) in [5.41, 5.74) is 0.948. The number of tetrazole rings is 1. The van der Waals surface area contributed by atoms with Gasteiger partial charge in [-0.1, -0.05) is 17.3 Å². The van der Waals surface area contributed by atoms with Gasteiger partial charge in [-0.2, -0.15) is 5.21 Å². The van der Waals surface area contributed by atoms with Gasteiger partial charge in [-0.05, 0) is 30.5 Å². The molecule has 0 amide bonds. The van der Waals surface area contributed by atoms with E-state index in [-0.39, 0.29) is 11.4 Å². The number of aromatic amines is 1. The lowest BCUT2D eigenvalue weighted by Gasteiger charge is -2.08. The molecule has 3 rings (SSSR count).